The van der Waals surface area contributed by atoms with E-state index in [1.807, 2.05) is 0 Å². The Bertz CT molecular complexity index is 578. The second kappa shape index (κ2) is 4.95. The Labute approximate surface area is 110 Å². The number of nitrogens with two attached hydrogens (primary N) is 1. The number of nitrogen functional groups attached to an aromatic ring is 1. The number of aliphatic hydroxyl groups excluding tert-OH is 1. The van der Waals surface area contributed by atoms with Crippen molar-refractivity contribution in [3.05, 3.63) is 24.0 Å². The minimum absolute atomic E-state index is 0.00987. The van der Waals surface area contributed by atoms with Crippen molar-refractivity contribution in [2.75, 3.05) is 25.1 Å². The van der Waals surface area contributed by atoms with Gasteiger partial charge in [-0.2, -0.15) is 4.31 Å². The van der Waals surface area contributed by atoms with E-state index in [9.17, 15) is 17.9 Å². The Morgan fingerprint density at radius 3 is 2.74 bits per heavy atom. The van der Waals surface area contributed by atoms with E-state index >= 15 is 0 Å². The summed E-state index contributed by atoms with van der Waals surface area (Å²) in [6.07, 6.45) is -0.685. The second-order valence-electron chi connectivity index (χ2n) is 4.49. The van der Waals surface area contributed by atoms with Crippen LogP contribution in [0.3, 0.4) is 0 Å². The zero-order valence-corrected chi connectivity index (χ0v) is 11.1. The van der Waals surface area contributed by atoms with Crippen LogP contribution < -0.4 is 10.5 Å². The van der Waals surface area contributed by atoms with Crippen molar-refractivity contribution in [1.82, 2.24) is 4.31 Å². The van der Waals surface area contributed by atoms with Crippen molar-refractivity contribution in [2.24, 2.45) is 0 Å². The van der Waals surface area contributed by atoms with Gasteiger partial charge in [0.05, 0.1) is 18.5 Å². The van der Waals surface area contributed by atoms with Crippen molar-refractivity contribution in [2.45, 2.75) is 12.2 Å². The molecular weight excluding hydrogens is 275 g/mol. The molecule has 2 atom stereocenters. The quantitative estimate of drug-likeness (QED) is 0.752. The number of anilines is 1. The van der Waals surface area contributed by atoms with E-state index in [-0.39, 0.29) is 24.5 Å². The molecule has 1 aliphatic heterocycles. The predicted octanol–water partition coefficient (Wildman–Crippen LogP) is -0.209. The molecule has 0 aromatic heterocycles. The lowest BCUT2D eigenvalue weighted by molar-refractivity contribution is 0.0740. The molecule has 1 aromatic rings. The van der Waals surface area contributed by atoms with Gasteiger partial charge in [0.15, 0.2) is 0 Å². The van der Waals surface area contributed by atoms with Crippen molar-refractivity contribution < 1.29 is 22.7 Å². The Balaban J connectivity index is 2.14. The lowest BCUT2D eigenvalue weighted by Crippen LogP contribution is -2.31. The van der Waals surface area contributed by atoms with Crippen LogP contribution in [-0.4, -0.2) is 49.4 Å². The average molecular weight is 290 g/mol. The molecule has 1 aromatic carbocycles. The predicted molar refractivity (Wildman–Crippen MR) is 67.7 cm³/mol. The molecule has 1 fully saturated rings. The van der Waals surface area contributed by atoms with Crippen LogP contribution in [0.4, 0.5) is 10.1 Å². The number of β-amino-alcohol motifs (C(OH)–C–C–N with tert-alkyl or cyclic N) is 1. The topological polar surface area (TPSA) is 92.9 Å². The molecule has 6 nitrogen and oxygen atoms in total. The van der Waals surface area contributed by atoms with E-state index in [0.717, 1.165) is 16.6 Å². The molecule has 1 heterocycles. The maximum Gasteiger partial charge on any atom is 0.211 e. The Morgan fingerprint density at radius 2 is 2.16 bits per heavy atom. The number of hydrogen-bond acceptors (Lipinski definition) is 5. The summed E-state index contributed by atoms with van der Waals surface area (Å²) >= 11 is 0. The third-order valence-electron chi connectivity index (χ3n) is 2.93. The first kappa shape index (κ1) is 14.0. The van der Waals surface area contributed by atoms with E-state index in [0.29, 0.717) is 0 Å². The van der Waals surface area contributed by atoms with E-state index in [4.69, 9.17) is 10.5 Å². The lowest BCUT2D eigenvalue weighted by atomic mass is 10.2. The van der Waals surface area contributed by atoms with Gasteiger partial charge in [0, 0.05) is 12.6 Å². The van der Waals surface area contributed by atoms with Crippen molar-refractivity contribution in [3.63, 3.8) is 0 Å². The minimum atomic E-state index is -3.39. The van der Waals surface area contributed by atoms with Gasteiger partial charge in [-0.15, -0.1) is 0 Å². The molecule has 0 bridgehead atoms. The van der Waals surface area contributed by atoms with Crippen LogP contribution in [0, 0.1) is 5.82 Å². The van der Waals surface area contributed by atoms with Crippen molar-refractivity contribution >= 4 is 15.7 Å². The highest BCUT2D eigenvalue weighted by Crippen LogP contribution is 2.26. The van der Waals surface area contributed by atoms with Crippen LogP contribution in [0.1, 0.15) is 0 Å². The molecule has 0 unspecified atom stereocenters. The fourth-order valence-corrected chi connectivity index (χ4v) is 2.72. The summed E-state index contributed by atoms with van der Waals surface area (Å²) in [4.78, 5) is 0. The average Bonchev–Trinajstić information content (AvgIpc) is 2.65. The van der Waals surface area contributed by atoms with E-state index < -0.39 is 28.0 Å². The van der Waals surface area contributed by atoms with Gasteiger partial charge in [0.1, 0.15) is 23.8 Å². The summed E-state index contributed by atoms with van der Waals surface area (Å²) in [5, 5.41) is 9.78. The number of sulfonamides is 1. The number of halogens is 1. The Kier molecular flexibility index (Phi) is 3.66. The normalized spacial score (nSPS) is 24.6. The molecule has 0 saturated carbocycles. The van der Waals surface area contributed by atoms with Crippen LogP contribution >= 0.6 is 0 Å². The number of nitrogens with zero attached hydrogens (tertiary/aromatic N) is 1. The van der Waals surface area contributed by atoms with Crippen LogP contribution in [-0.2, 0) is 10.0 Å². The Hall–Kier alpha value is -1.38. The van der Waals surface area contributed by atoms with Crippen LogP contribution in [0.15, 0.2) is 18.2 Å². The maximum atomic E-state index is 13.1. The molecule has 0 aliphatic carbocycles. The third kappa shape index (κ3) is 3.14. The lowest BCUT2D eigenvalue weighted by Gasteiger charge is -2.17. The zero-order chi connectivity index (χ0) is 14.2. The maximum absolute atomic E-state index is 13.1. The van der Waals surface area contributed by atoms with E-state index in [1.165, 1.54) is 12.1 Å². The summed E-state index contributed by atoms with van der Waals surface area (Å²) in [6.45, 7) is -0.0331. The molecule has 0 spiro atoms. The largest absolute Gasteiger partial charge is 0.484 e. The molecule has 3 N–H and O–H groups in total. The van der Waals surface area contributed by atoms with Crippen LogP contribution in [0.5, 0.6) is 5.75 Å². The summed E-state index contributed by atoms with van der Waals surface area (Å²) in [6, 6.07) is 3.64. The summed E-state index contributed by atoms with van der Waals surface area (Å²) in [5.41, 5.74) is 5.86. The fourth-order valence-electron chi connectivity index (χ4n) is 1.88. The van der Waals surface area contributed by atoms with E-state index in [1.54, 1.807) is 0 Å². The molecule has 0 amide bonds. The van der Waals surface area contributed by atoms with Crippen LogP contribution in [0.25, 0.3) is 0 Å². The van der Waals surface area contributed by atoms with Gasteiger partial charge < -0.3 is 15.6 Å². The van der Waals surface area contributed by atoms with Gasteiger partial charge in [0.2, 0.25) is 10.0 Å². The highest BCUT2D eigenvalue weighted by Gasteiger charge is 2.37. The molecule has 8 heteroatoms. The monoisotopic (exact) mass is 290 g/mol. The Morgan fingerprint density at radius 1 is 1.47 bits per heavy atom. The summed E-state index contributed by atoms with van der Waals surface area (Å²) in [5.74, 6) is -0.420. The second-order valence-corrected chi connectivity index (χ2v) is 6.47. The first-order valence-electron chi connectivity index (χ1n) is 5.62. The van der Waals surface area contributed by atoms with Gasteiger partial charge in [-0.05, 0) is 12.1 Å². The molecule has 1 aliphatic rings. The summed E-state index contributed by atoms with van der Waals surface area (Å²) in [7, 11) is -3.39. The minimum Gasteiger partial charge on any atom is -0.484 e. The van der Waals surface area contributed by atoms with Gasteiger partial charge >= 0.3 is 0 Å². The molecule has 2 rings (SSSR count). The third-order valence-corrected chi connectivity index (χ3v) is 4.16. The van der Waals surface area contributed by atoms with Crippen molar-refractivity contribution in [3.8, 4) is 5.75 Å². The first-order chi connectivity index (χ1) is 8.77. The molecule has 1 saturated heterocycles. The SMILES string of the molecule is CS(=O)(=O)N1C[C@@H](O)[C@H](Oc2cc(F)ccc2N)C1. The molecular formula is C11H15FN2O4S. The highest BCUT2D eigenvalue weighted by molar-refractivity contribution is 7.88. The van der Waals surface area contributed by atoms with Gasteiger partial charge in [-0.3, -0.25) is 0 Å². The smallest absolute Gasteiger partial charge is 0.211 e. The van der Waals surface area contributed by atoms with Crippen molar-refractivity contribution in [1.29, 1.82) is 0 Å². The fraction of sp³-hybridized carbons (Fsp3) is 0.455. The number of benzene rings is 1. The number of ether oxygens (including phenoxy) is 1. The number of hydrogen-bond donors (Lipinski definition) is 2. The standard InChI is InChI=1S/C11H15FN2O4S/c1-19(16,17)14-5-9(15)11(6-14)18-10-4-7(12)2-3-8(10)13/h2-4,9,11,15H,5-6,13H2,1H3/t9-,11-/m1/s1. The van der Waals surface area contributed by atoms with Crippen LogP contribution in [0.2, 0.25) is 0 Å². The summed E-state index contributed by atoms with van der Waals surface area (Å²) < 4.78 is 42.3. The van der Waals surface area contributed by atoms with Gasteiger partial charge in [-0.25, -0.2) is 12.8 Å². The first-order valence-corrected chi connectivity index (χ1v) is 7.47. The number of rotatable bonds is 3. The highest BCUT2D eigenvalue weighted by atomic mass is 32.2. The molecule has 106 valence electrons. The van der Waals surface area contributed by atoms with Gasteiger partial charge in [0.25, 0.3) is 0 Å². The molecule has 0 radical (unpaired) electrons. The van der Waals surface area contributed by atoms with Gasteiger partial charge in [-0.1, -0.05) is 0 Å². The zero-order valence-electron chi connectivity index (χ0n) is 10.3. The molecule has 19 heavy (non-hydrogen) atoms. The number of aliphatic hydroxyl groups is 1. The van der Waals surface area contributed by atoms with E-state index in [2.05, 4.69) is 0 Å².